The second-order valence-corrected chi connectivity index (χ2v) is 3.25. The Morgan fingerprint density at radius 1 is 1.27 bits per heavy atom. The van der Waals surface area contributed by atoms with Crippen LogP contribution in [0.15, 0.2) is 17.1 Å². The second kappa shape index (κ2) is 3.07. The van der Waals surface area contributed by atoms with Crippen molar-refractivity contribution in [2.45, 2.75) is 38.0 Å². The summed E-state index contributed by atoms with van der Waals surface area (Å²) in [6, 6.07) is 0. The van der Waals surface area contributed by atoms with E-state index in [1.54, 1.807) is 6.26 Å². The average molecular weight is 151 g/mol. The van der Waals surface area contributed by atoms with Crippen molar-refractivity contribution >= 4 is 0 Å². The van der Waals surface area contributed by atoms with E-state index in [0.29, 0.717) is 5.92 Å². The Kier molecular flexibility index (Phi) is 1.93. The molecule has 1 aliphatic carbocycles. The smallest absolute Gasteiger partial charge is 0.180 e. The number of rotatable bonds is 1. The lowest BCUT2D eigenvalue weighted by Gasteiger charge is -2.18. The van der Waals surface area contributed by atoms with E-state index in [2.05, 4.69) is 4.98 Å². The van der Waals surface area contributed by atoms with Gasteiger partial charge in [-0.15, -0.1) is 0 Å². The molecule has 0 aliphatic heterocycles. The molecule has 0 saturated heterocycles. The number of aromatic nitrogens is 1. The maximum atomic E-state index is 4.96. The van der Waals surface area contributed by atoms with Crippen molar-refractivity contribution in [2.24, 2.45) is 0 Å². The number of nitrogens with zero attached hydrogens (tertiary/aromatic N) is 1. The topological polar surface area (TPSA) is 26.0 Å². The Hall–Kier alpha value is -0.790. The number of oxazole rings is 1. The third-order valence-corrected chi connectivity index (χ3v) is 2.47. The monoisotopic (exact) mass is 151 g/mol. The molecule has 0 bridgehead atoms. The predicted molar refractivity (Wildman–Crippen MR) is 42.3 cm³/mol. The van der Waals surface area contributed by atoms with Crippen LogP contribution in [0.2, 0.25) is 0 Å². The molecule has 0 N–H and O–H groups in total. The largest absolute Gasteiger partial charge is 0.451 e. The first-order chi connectivity index (χ1) is 5.47. The third-order valence-electron chi connectivity index (χ3n) is 2.47. The molecule has 0 unspecified atom stereocenters. The molecule has 1 saturated carbocycles. The molecule has 0 atom stereocenters. The second-order valence-electron chi connectivity index (χ2n) is 3.25. The maximum Gasteiger partial charge on any atom is 0.180 e. The molecule has 0 aromatic carbocycles. The van der Waals surface area contributed by atoms with Gasteiger partial charge in [-0.1, -0.05) is 19.3 Å². The van der Waals surface area contributed by atoms with Crippen LogP contribution < -0.4 is 0 Å². The number of hydrogen-bond acceptors (Lipinski definition) is 2. The van der Waals surface area contributed by atoms with Gasteiger partial charge in [-0.25, -0.2) is 4.98 Å². The molecule has 0 spiro atoms. The molecule has 2 heteroatoms. The molecule has 0 amide bonds. The van der Waals surface area contributed by atoms with Crippen molar-refractivity contribution in [1.29, 1.82) is 0 Å². The van der Waals surface area contributed by atoms with Gasteiger partial charge < -0.3 is 4.42 Å². The predicted octanol–water partition coefficient (Wildman–Crippen LogP) is 2.72. The first-order valence-corrected chi connectivity index (χ1v) is 4.35. The summed E-state index contributed by atoms with van der Waals surface area (Å²) in [7, 11) is 0. The van der Waals surface area contributed by atoms with E-state index in [1.807, 2.05) is 0 Å². The zero-order chi connectivity index (χ0) is 7.52. The van der Waals surface area contributed by atoms with Crippen LogP contribution in [-0.2, 0) is 0 Å². The van der Waals surface area contributed by atoms with Gasteiger partial charge in [-0.2, -0.15) is 0 Å². The molecule has 1 aliphatic rings. The van der Waals surface area contributed by atoms with Crippen LogP contribution in [0.3, 0.4) is 0 Å². The van der Waals surface area contributed by atoms with Crippen LogP contribution >= 0.6 is 0 Å². The summed E-state index contributed by atoms with van der Waals surface area (Å²) in [6.45, 7) is 0. The summed E-state index contributed by atoms with van der Waals surface area (Å²) in [5, 5.41) is 0. The fourth-order valence-corrected chi connectivity index (χ4v) is 1.82. The molecule has 11 heavy (non-hydrogen) atoms. The Bertz CT molecular complexity index is 199. The van der Waals surface area contributed by atoms with E-state index in [-0.39, 0.29) is 0 Å². The number of hydrogen-bond donors (Lipinski definition) is 0. The van der Waals surface area contributed by atoms with Gasteiger partial charge in [0, 0.05) is 5.92 Å². The van der Waals surface area contributed by atoms with Crippen LogP contribution in [0.25, 0.3) is 0 Å². The van der Waals surface area contributed by atoms with Crippen LogP contribution in [0.1, 0.15) is 43.7 Å². The maximum absolute atomic E-state index is 4.96. The molecular formula is C9H13NO. The van der Waals surface area contributed by atoms with Gasteiger partial charge in [0.25, 0.3) is 0 Å². The minimum atomic E-state index is 0.683. The summed E-state index contributed by atoms with van der Waals surface area (Å²) in [5.41, 5.74) is 1.16. The first kappa shape index (κ1) is 6.89. The lowest BCUT2D eigenvalue weighted by Crippen LogP contribution is -2.04. The minimum absolute atomic E-state index is 0.683. The van der Waals surface area contributed by atoms with Crippen molar-refractivity contribution in [2.75, 3.05) is 0 Å². The minimum Gasteiger partial charge on any atom is -0.451 e. The molecular weight excluding hydrogens is 138 g/mol. The highest BCUT2D eigenvalue weighted by Gasteiger charge is 2.16. The Morgan fingerprint density at radius 2 is 2.09 bits per heavy atom. The van der Waals surface area contributed by atoms with E-state index in [4.69, 9.17) is 4.42 Å². The van der Waals surface area contributed by atoms with Crippen LogP contribution in [0, 0.1) is 0 Å². The highest BCUT2D eigenvalue weighted by molar-refractivity contribution is 5.01. The van der Waals surface area contributed by atoms with Crippen LogP contribution in [-0.4, -0.2) is 4.98 Å². The lowest BCUT2D eigenvalue weighted by molar-refractivity contribution is 0.435. The Balaban J connectivity index is 2.04. The average Bonchev–Trinajstić information content (AvgIpc) is 2.58. The van der Waals surface area contributed by atoms with Crippen molar-refractivity contribution in [1.82, 2.24) is 4.98 Å². The molecule has 0 radical (unpaired) electrons. The summed E-state index contributed by atoms with van der Waals surface area (Å²) >= 11 is 0. The van der Waals surface area contributed by atoms with E-state index in [1.165, 1.54) is 38.5 Å². The zero-order valence-corrected chi connectivity index (χ0v) is 6.62. The van der Waals surface area contributed by atoms with E-state index in [0.717, 1.165) is 5.69 Å². The van der Waals surface area contributed by atoms with Gasteiger partial charge in [-0.05, 0) is 12.8 Å². The molecule has 60 valence electrons. The van der Waals surface area contributed by atoms with Crippen molar-refractivity contribution in [3.05, 3.63) is 18.4 Å². The summed E-state index contributed by atoms with van der Waals surface area (Å²) in [5.74, 6) is 0.683. The van der Waals surface area contributed by atoms with E-state index in [9.17, 15) is 0 Å². The lowest BCUT2D eigenvalue weighted by atomic mass is 9.87. The molecule has 1 aromatic rings. The van der Waals surface area contributed by atoms with Crippen molar-refractivity contribution < 1.29 is 4.42 Å². The van der Waals surface area contributed by atoms with Crippen LogP contribution in [0.5, 0.6) is 0 Å². The van der Waals surface area contributed by atoms with Crippen molar-refractivity contribution in [3.63, 3.8) is 0 Å². The van der Waals surface area contributed by atoms with Gasteiger partial charge in [0.05, 0.1) is 5.69 Å². The highest BCUT2D eigenvalue weighted by Crippen LogP contribution is 2.31. The normalized spacial score (nSPS) is 20.4. The summed E-state index contributed by atoms with van der Waals surface area (Å²) in [6.07, 6.45) is 10.0. The summed E-state index contributed by atoms with van der Waals surface area (Å²) in [4.78, 5) is 4.17. The van der Waals surface area contributed by atoms with Gasteiger partial charge in [0.1, 0.15) is 6.26 Å². The SMILES string of the molecule is c1nc(C2CCCCC2)co1. The molecule has 2 rings (SSSR count). The van der Waals surface area contributed by atoms with Gasteiger partial charge in [0.2, 0.25) is 0 Å². The highest BCUT2D eigenvalue weighted by atomic mass is 16.3. The fraction of sp³-hybridized carbons (Fsp3) is 0.667. The summed E-state index contributed by atoms with van der Waals surface area (Å²) < 4.78 is 4.96. The molecule has 1 aromatic heterocycles. The standard InChI is InChI=1S/C9H13NO/c1-2-4-8(5-3-1)9-6-11-7-10-9/h6-8H,1-5H2. The quantitative estimate of drug-likeness (QED) is 0.616. The van der Waals surface area contributed by atoms with Crippen molar-refractivity contribution in [3.8, 4) is 0 Å². The molecule has 2 nitrogen and oxygen atoms in total. The van der Waals surface area contributed by atoms with Gasteiger partial charge in [0.15, 0.2) is 6.39 Å². The first-order valence-electron chi connectivity index (χ1n) is 4.35. The Labute approximate surface area is 66.6 Å². The van der Waals surface area contributed by atoms with E-state index >= 15 is 0 Å². The third kappa shape index (κ3) is 1.44. The van der Waals surface area contributed by atoms with Gasteiger partial charge >= 0.3 is 0 Å². The fourth-order valence-electron chi connectivity index (χ4n) is 1.82. The zero-order valence-electron chi connectivity index (χ0n) is 6.62. The van der Waals surface area contributed by atoms with Gasteiger partial charge in [-0.3, -0.25) is 0 Å². The molecule has 1 heterocycles. The van der Waals surface area contributed by atoms with E-state index < -0.39 is 0 Å². The molecule has 1 fully saturated rings. The van der Waals surface area contributed by atoms with Crippen LogP contribution in [0.4, 0.5) is 0 Å². The Morgan fingerprint density at radius 3 is 2.73 bits per heavy atom.